The van der Waals surface area contributed by atoms with Crippen molar-refractivity contribution in [2.75, 3.05) is 5.32 Å². The maximum Gasteiger partial charge on any atom is 0.391 e. The van der Waals surface area contributed by atoms with Crippen LogP contribution in [0.3, 0.4) is 0 Å². The molecule has 1 aliphatic carbocycles. The molecule has 1 aliphatic rings. The van der Waals surface area contributed by atoms with Gasteiger partial charge in [0.2, 0.25) is 0 Å². The van der Waals surface area contributed by atoms with Crippen LogP contribution in [0.5, 0.6) is 0 Å². The molecule has 1 aromatic carbocycles. The van der Waals surface area contributed by atoms with Crippen molar-refractivity contribution in [2.45, 2.75) is 44.8 Å². The zero-order chi connectivity index (χ0) is 14.0. The van der Waals surface area contributed by atoms with E-state index >= 15 is 0 Å². The molecule has 0 aliphatic heterocycles. The molecule has 1 fully saturated rings. The smallest absolute Gasteiger partial charge is 0.381 e. The summed E-state index contributed by atoms with van der Waals surface area (Å²) < 4.78 is 38.7. The highest BCUT2D eigenvalue weighted by molar-refractivity contribution is 9.10. The summed E-state index contributed by atoms with van der Waals surface area (Å²) in [6.45, 7) is 2.00. The number of aryl methyl sites for hydroxylation is 1. The SMILES string of the molecule is Cc1ccc(NC2CCC(C(F)(F)F)CC2)c(Br)c1. The largest absolute Gasteiger partial charge is 0.391 e. The topological polar surface area (TPSA) is 12.0 Å². The number of halogens is 4. The van der Waals surface area contributed by atoms with Gasteiger partial charge in [0, 0.05) is 16.2 Å². The van der Waals surface area contributed by atoms with Crippen LogP contribution >= 0.6 is 15.9 Å². The van der Waals surface area contributed by atoms with Crippen LogP contribution in [0.1, 0.15) is 31.2 Å². The molecular weight excluding hydrogens is 319 g/mol. The molecule has 0 radical (unpaired) electrons. The van der Waals surface area contributed by atoms with E-state index in [4.69, 9.17) is 0 Å². The normalized spacial score (nSPS) is 24.3. The predicted octanol–water partition coefficient (Wildman–Crippen LogP) is 5.29. The molecular formula is C14H17BrF3N. The predicted molar refractivity (Wildman–Crippen MR) is 74.3 cm³/mol. The average molecular weight is 336 g/mol. The van der Waals surface area contributed by atoms with Gasteiger partial charge in [-0.25, -0.2) is 0 Å². The summed E-state index contributed by atoms with van der Waals surface area (Å²) in [4.78, 5) is 0. The molecule has 1 saturated carbocycles. The first-order chi connectivity index (χ1) is 8.86. The van der Waals surface area contributed by atoms with E-state index in [1.807, 2.05) is 25.1 Å². The van der Waals surface area contributed by atoms with Crippen molar-refractivity contribution in [3.05, 3.63) is 28.2 Å². The minimum Gasteiger partial charge on any atom is -0.381 e. The zero-order valence-corrected chi connectivity index (χ0v) is 12.3. The van der Waals surface area contributed by atoms with Gasteiger partial charge in [0.1, 0.15) is 0 Å². The maximum absolute atomic E-state index is 12.6. The van der Waals surface area contributed by atoms with Gasteiger partial charge in [0.05, 0.1) is 5.92 Å². The van der Waals surface area contributed by atoms with Crippen molar-refractivity contribution < 1.29 is 13.2 Å². The summed E-state index contributed by atoms with van der Waals surface area (Å²) in [5, 5.41) is 3.33. The number of hydrogen-bond donors (Lipinski definition) is 1. The maximum atomic E-state index is 12.6. The molecule has 1 nitrogen and oxygen atoms in total. The minimum atomic E-state index is -4.03. The summed E-state index contributed by atoms with van der Waals surface area (Å²) >= 11 is 3.48. The van der Waals surface area contributed by atoms with Crippen LogP contribution < -0.4 is 5.32 Å². The molecule has 0 aromatic heterocycles. The number of anilines is 1. The standard InChI is InChI=1S/C14H17BrF3N/c1-9-2-7-13(12(15)8-9)19-11-5-3-10(4-6-11)14(16,17)18/h2,7-8,10-11,19H,3-6H2,1H3. The van der Waals surface area contributed by atoms with Gasteiger partial charge in [-0.1, -0.05) is 6.07 Å². The Kier molecular flexibility index (Phi) is 4.43. The molecule has 0 bridgehead atoms. The second-order valence-corrected chi connectivity index (χ2v) is 6.07. The van der Waals surface area contributed by atoms with Crippen LogP contribution in [-0.4, -0.2) is 12.2 Å². The van der Waals surface area contributed by atoms with E-state index in [-0.39, 0.29) is 18.9 Å². The van der Waals surface area contributed by atoms with Crippen molar-refractivity contribution in [3.8, 4) is 0 Å². The van der Waals surface area contributed by atoms with E-state index in [0.717, 1.165) is 15.7 Å². The van der Waals surface area contributed by atoms with Crippen molar-refractivity contribution in [3.63, 3.8) is 0 Å². The van der Waals surface area contributed by atoms with E-state index in [1.165, 1.54) is 0 Å². The van der Waals surface area contributed by atoms with Gasteiger partial charge in [-0.05, 0) is 66.2 Å². The molecule has 2 rings (SSSR count). The van der Waals surface area contributed by atoms with E-state index < -0.39 is 12.1 Å². The van der Waals surface area contributed by atoms with Gasteiger partial charge in [0.15, 0.2) is 0 Å². The third-order valence-corrected chi connectivity index (χ3v) is 4.33. The molecule has 106 valence electrons. The van der Waals surface area contributed by atoms with E-state index in [2.05, 4.69) is 21.2 Å². The minimum absolute atomic E-state index is 0.137. The Labute approximate surface area is 119 Å². The number of alkyl halides is 3. The van der Waals surface area contributed by atoms with Gasteiger partial charge in [-0.2, -0.15) is 13.2 Å². The van der Waals surface area contributed by atoms with Crippen molar-refractivity contribution in [1.82, 2.24) is 0 Å². The third-order valence-electron chi connectivity index (χ3n) is 3.67. The quantitative estimate of drug-likeness (QED) is 0.774. The Hall–Kier alpha value is -0.710. The van der Waals surface area contributed by atoms with Crippen LogP contribution in [0.15, 0.2) is 22.7 Å². The van der Waals surface area contributed by atoms with E-state index in [1.54, 1.807) is 0 Å². The fourth-order valence-corrected chi connectivity index (χ4v) is 3.13. The summed E-state index contributed by atoms with van der Waals surface area (Å²) in [6, 6.07) is 6.10. The molecule has 0 unspecified atom stereocenters. The highest BCUT2D eigenvalue weighted by Crippen LogP contribution is 2.38. The third kappa shape index (κ3) is 3.88. The fraction of sp³-hybridized carbons (Fsp3) is 0.571. The Morgan fingerprint density at radius 2 is 1.79 bits per heavy atom. The van der Waals surface area contributed by atoms with E-state index in [0.29, 0.717) is 12.8 Å². The molecule has 0 saturated heterocycles. The van der Waals surface area contributed by atoms with Gasteiger partial charge < -0.3 is 5.32 Å². The molecule has 5 heteroatoms. The number of nitrogens with one attached hydrogen (secondary N) is 1. The van der Waals surface area contributed by atoms with Crippen molar-refractivity contribution >= 4 is 21.6 Å². The highest BCUT2D eigenvalue weighted by atomic mass is 79.9. The van der Waals surface area contributed by atoms with Crippen LogP contribution in [-0.2, 0) is 0 Å². The summed E-state index contributed by atoms with van der Waals surface area (Å²) in [5.41, 5.74) is 2.11. The Morgan fingerprint density at radius 3 is 2.32 bits per heavy atom. The number of hydrogen-bond acceptors (Lipinski definition) is 1. The second-order valence-electron chi connectivity index (χ2n) is 5.22. The summed E-state index contributed by atoms with van der Waals surface area (Å²) in [6.07, 6.45) is -2.43. The lowest BCUT2D eigenvalue weighted by Gasteiger charge is -2.31. The summed E-state index contributed by atoms with van der Waals surface area (Å²) in [7, 11) is 0. The monoisotopic (exact) mass is 335 g/mol. The van der Waals surface area contributed by atoms with Crippen molar-refractivity contribution in [2.24, 2.45) is 5.92 Å². The van der Waals surface area contributed by atoms with Gasteiger partial charge in [-0.15, -0.1) is 0 Å². The van der Waals surface area contributed by atoms with Crippen LogP contribution in [0.4, 0.5) is 18.9 Å². The second kappa shape index (κ2) is 5.73. The zero-order valence-electron chi connectivity index (χ0n) is 10.7. The van der Waals surface area contributed by atoms with Gasteiger partial charge in [-0.3, -0.25) is 0 Å². The molecule has 0 spiro atoms. The van der Waals surface area contributed by atoms with Crippen LogP contribution in [0, 0.1) is 12.8 Å². The van der Waals surface area contributed by atoms with Gasteiger partial charge in [0.25, 0.3) is 0 Å². The molecule has 1 N–H and O–H groups in total. The van der Waals surface area contributed by atoms with Gasteiger partial charge >= 0.3 is 6.18 Å². The lowest BCUT2D eigenvalue weighted by molar-refractivity contribution is -0.182. The Bertz CT molecular complexity index is 437. The number of rotatable bonds is 2. The molecule has 1 aromatic rings. The molecule has 0 heterocycles. The first-order valence-electron chi connectivity index (χ1n) is 6.45. The number of benzene rings is 1. The van der Waals surface area contributed by atoms with Crippen LogP contribution in [0.25, 0.3) is 0 Å². The lowest BCUT2D eigenvalue weighted by atomic mass is 9.85. The molecule has 0 atom stereocenters. The fourth-order valence-electron chi connectivity index (χ4n) is 2.52. The van der Waals surface area contributed by atoms with Crippen molar-refractivity contribution in [1.29, 1.82) is 0 Å². The molecule has 19 heavy (non-hydrogen) atoms. The summed E-state index contributed by atoms with van der Waals surface area (Å²) in [5.74, 6) is -1.12. The van der Waals surface area contributed by atoms with E-state index in [9.17, 15) is 13.2 Å². The average Bonchev–Trinajstić information content (AvgIpc) is 2.32. The van der Waals surface area contributed by atoms with Crippen LogP contribution in [0.2, 0.25) is 0 Å². The first-order valence-corrected chi connectivity index (χ1v) is 7.25. The Balaban J connectivity index is 1.92. The highest BCUT2D eigenvalue weighted by Gasteiger charge is 2.41. The first kappa shape index (κ1) is 14.7. The Morgan fingerprint density at radius 1 is 1.16 bits per heavy atom. The molecule has 0 amide bonds. The lowest BCUT2D eigenvalue weighted by Crippen LogP contribution is -2.32.